The van der Waals surface area contributed by atoms with Crippen LogP contribution in [0.2, 0.25) is 0 Å². The van der Waals surface area contributed by atoms with E-state index in [0.717, 1.165) is 61.3 Å². The maximum atomic E-state index is 14.9. The molecule has 0 fully saturated rings. The number of hydrogen-bond donors (Lipinski definition) is 0. The molecule has 0 saturated carbocycles. The Kier molecular flexibility index (Phi) is 7.06. The first-order chi connectivity index (χ1) is 13.2. The highest BCUT2D eigenvalue weighted by Crippen LogP contribution is 2.40. The molecule has 1 aromatic heterocycles. The van der Waals surface area contributed by atoms with E-state index in [9.17, 15) is 8.78 Å². The minimum absolute atomic E-state index is 0.189. The van der Waals surface area contributed by atoms with Crippen LogP contribution in [0.4, 0.5) is 8.78 Å². The number of benzene rings is 2. The summed E-state index contributed by atoms with van der Waals surface area (Å²) in [6.45, 7) is 4.81. The van der Waals surface area contributed by atoms with E-state index in [1.165, 1.54) is 17.8 Å². The van der Waals surface area contributed by atoms with Gasteiger partial charge in [-0.1, -0.05) is 58.1 Å². The minimum Gasteiger partial charge on any atom is -0.490 e. The zero-order valence-corrected chi connectivity index (χ0v) is 17.1. The molecule has 0 unspecified atom stereocenters. The van der Waals surface area contributed by atoms with Gasteiger partial charge in [-0.15, -0.1) is 11.3 Å². The van der Waals surface area contributed by atoms with Gasteiger partial charge in [0.15, 0.2) is 11.6 Å². The molecule has 0 atom stereocenters. The van der Waals surface area contributed by atoms with Crippen LogP contribution in [-0.4, -0.2) is 6.61 Å². The van der Waals surface area contributed by atoms with Crippen LogP contribution in [0.25, 0.3) is 20.2 Å². The second-order valence-electron chi connectivity index (χ2n) is 7.14. The Morgan fingerprint density at radius 1 is 0.778 bits per heavy atom. The molecule has 0 N–H and O–H groups in total. The normalized spacial score (nSPS) is 11.6. The summed E-state index contributed by atoms with van der Waals surface area (Å²) in [7, 11) is 0. The molecule has 0 saturated heterocycles. The summed E-state index contributed by atoms with van der Waals surface area (Å²) in [6, 6.07) is 7.32. The molecule has 0 radical (unpaired) electrons. The highest BCUT2D eigenvalue weighted by molar-refractivity contribution is 7.25. The molecule has 146 valence electrons. The average Bonchev–Trinajstić information content (AvgIpc) is 3.06. The van der Waals surface area contributed by atoms with Gasteiger partial charge < -0.3 is 4.74 Å². The molecular weight excluding hydrogens is 362 g/mol. The average molecular weight is 391 g/mol. The van der Waals surface area contributed by atoms with Crippen LogP contribution in [0.3, 0.4) is 0 Å². The number of thiophene rings is 1. The quantitative estimate of drug-likeness (QED) is 0.318. The van der Waals surface area contributed by atoms with Crippen molar-refractivity contribution in [1.82, 2.24) is 0 Å². The van der Waals surface area contributed by atoms with Crippen LogP contribution in [0, 0.1) is 11.6 Å². The topological polar surface area (TPSA) is 9.23 Å². The van der Waals surface area contributed by atoms with Gasteiger partial charge in [-0.05, 0) is 37.0 Å². The van der Waals surface area contributed by atoms with E-state index in [1.54, 1.807) is 6.07 Å². The van der Waals surface area contributed by atoms with Crippen molar-refractivity contribution in [2.24, 2.45) is 0 Å². The Morgan fingerprint density at radius 3 is 2.19 bits per heavy atom. The van der Waals surface area contributed by atoms with E-state index >= 15 is 0 Å². The molecule has 1 heterocycles. The van der Waals surface area contributed by atoms with Crippen LogP contribution in [0.15, 0.2) is 24.3 Å². The van der Waals surface area contributed by atoms with Crippen LogP contribution in [-0.2, 0) is 6.42 Å². The van der Waals surface area contributed by atoms with Crippen molar-refractivity contribution in [2.75, 3.05) is 6.61 Å². The highest BCUT2D eigenvalue weighted by Gasteiger charge is 2.17. The van der Waals surface area contributed by atoms with Gasteiger partial charge in [-0.25, -0.2) is 8.78 Å². The first-order valence-electron chi connectivity index (χ1n) is 10.1. The largest absolute Gasteiger partial charge is 0.490 e. The lowest BCUT2D eigenvalue weighted by Gasteiger charge is -2.07. The van der Waals surface area contributed by atoms with Gasteiger partial charge >= 0.3 is 0 Å². The number of halogens is 2. The summed E-state index contributed by atoms with van der Waals surface area (Å²) in [5.74, 6) is -0.281. The van der Waals surface area contributed by atoms with E-state index in [1.807, 2.05) is 18.2 Å². The summed E-state index contributed by atoms with van der Waals surface area (Å²) in [5.41, 5.74) is 0.732. The first-order valence-corrected chi connectivity index (χ1v) is 10.9. The summed E-state index contributed by atoms with van der Waals surface area (Å²) in [5, 5.41) is 1.56. The van der Waals surface area contributed by atoms with Crippen molar-refractivity contribution in [3.05, 3.63) is 41.5 Å². The molecule has 3 rings (SSSR count). The Morgan fingerprint density at radius 2 is 1.44 bits per heavy atom. The zero-order valence-electron chi connectivity index (χ0n) is 16.2. The third kappa shape index (κ3) is 4.43. The summed E-state index contributed by atoms with van der Waals surface area (Å²) >= 11 is 1.20. The molecule has 0 amide bonds. The van der Waals surface area contributed by atoms with Gasteiger partial charge in [-0.2, -0.15) is 0 Å². The number of fused-ring (bicyclic) bond motifs is 3. The van der Waals surface area contributed by atoms with E-state index in [-0.39, 0.29) is 17.4 Å². The molecule has 0 bridgehead atoms. The highest BCUT2D eigenvalue weighted by atomic mass is 32.1. The predicted molar refractivity (Wildman–Crippen MR) is 112 cm³/mol. The van der Waals surface area contributed by atoms with Crippen molar-refractivity contribution in [2.45, 2.75) is 65.2 Å². The number of hydrogen-bond acceptors (Lipinski definition) is 2. The predicted octanol–water partition coefficient (Wildman–Crippen LogP) is 8.02. The Bertz CT molecular complexity index is 900. The standard InChI is InChI=1S/C23H28F2OS/c1-3-5-7-9-15-26-19-14-13-18-17-12-11-16(10-8-6-4-2)20(24)22(17)27-23(18)21(19)25/h11-14H,3-10,15H2,1-2H3. The second kappa shape index (κ2) is 9.50. The van der Waals surface area contributed by atoms with Crippen molar-refractivity contribution in [1.29, 1.82) is 0 Å². The van der Waals surface area contributed by atoms with E-state index in [4.69, 9.17) is 4.74 Å². The van der Waals surface area contributed by atoms with Gasteiger partial charge in [0.05, 0.1) is 16.0 Å². The summed E-state index contributed by atoms with van der Waals surface area (Å²) in [6.07, 6.45) is 8.27. The van der Waals surface area contributed by atoms with Crippen molar-refractivity contribution in [3.8, 4) is 5.75 Å². The monoisotopic (exact) mass is 390 g/mol. The van der Waals surface area contributed by atoms with E-state index in [2.05, 4.69) is 13.8 Å². The van der Waals surface area contributed by atoms with Crippen LogP contribution >= 0.6 is 11.3 Å². The molecule has 4 heteroatoms. The molecule has 3 aromatic rings. The fourth-order valence-corrected chi connectivity index (χ4v) is 4.63. The Labute approximate surface area is 164 Å². The smallest absolute Gasteiger partial charge is 0.182 e. The lowest BCUT2D eigenvalue weighted by Crippen LogP contribution is -1.99. The summed E-state index contributed by atoms with van der Waals surface area (Å²) < 4.78 is 36.6. The van der Waals surface area contributed by atoms with Gasteiger partial charge in [-0.3, -0.25) is 0 Å². The van der Waals surface area contributed by atoms with Gasteiger partial charge in [0.25, 0.3) is 0 Å². The fourth-order valence-electron chi connectivity index (χ4n) is 3.44. The molecule has 0 spiro atoms. The molecular formula is C23H28F2OS. The Balaban J connectivity index is 1.86. The van der Waals surface area contributed by atoms with Gasteiger partial charge in [0, 0.05) is 10.8 Å². The maximum Gasteiger partial charge on any atom is 0.182 e. The minimum atomic E-state index is -0.365. The molecule has 0 aliphatic carbocycles. The molecule has 0 aliphatic rings. The maximum absolute atomic E-state index is 14.9. The lowest BCUT2D eigenvalue weighted by atomic mass is 10.0. The zero-order chi connectivity index (χ0) is 19.2. The molecule has 1 nitrogen and oxygen atoms in total. The van der Waals surface area contributed by atoms with Crippen molar-refractivity contribution >= 4 is 31.5 Å². The van der Waals surface area contributed by atoms with Crippen molar-refractivity contribution in [3.63, 3.8) is 0 Å². The number of rotatable bonds is 10. The van der Waals surface area contributed by atoms with Crippen molar-refractivity contribution < 1.29 is 13.5 Å². The van der Waals surface area contributed by atoms with E-state index in [0.29, 0.717) is 16.0 Å². The number of unbranched alkanes of at least 4 members (excludes halogenated alkanes) is 5. The van der Waals surface area contributed by atoms with E-state index < -0.39 is 0 Å². The van der Waals surface area contributed by atoms with Gasteiger partial charge in [0.2, 0.25) is 0 Å². The second-order valence-corrected chi connectivity index (χ2v) is 8.16. The van der Waals surface area contributed by atoms with Gasteiger partial charge in [0.1, 0.15) is 5.82 Å². The SMILES string of the molecule is CCCCCCOc1ccc2c(sc3c(F)c(CCCCC)ccc32)c1F. The molecule has 2 aromatic carbocycles. The molecule has 27 heavy (non-hydrogen) atoms. The summed E-state index contributed by atoms with van der Waals surface area (Å²) in [4.78, 5) is 0. The Hall–Kier alpha value is -1.68. The fraction of sp³-hybridized carbons (Fsp3) is 0.478. The number of aryl methyl sites for hydroxylation is 1. The molecule has 0 aliphatic heterocycles. The van der Waals surface area contributed by atoms with Crippen LogP contribution < -0.4 is 4.74 Å². The number of ether oxygens (including phenoxy) is 1. The third-order valence-corrected chi connectivity index (χ3v) is 6.24. The third-order valence-electron chi connectivity index (χ3n) is 5.04. The lowest BCUT2D eigenvalue weighted by molar-refractivity contribution is 0.292. The first kappa shape index (κ1) is 20.1. The van der Waals surface area contributed by atoms with Crippen LogP contribution in [0.1, 0.15) is 64.4 Å². The van der Waals surface area contributed by atoms with Crippen LogP contribution in [0.5, 0.6) is 5.75 Å².